The van der Waals surface area contributed by atoms with Crippen molar-refractivity contribution >= 4 is 21.6 Å². The fraction of sp³-hybridized carbons (Fsp3) is 0.350. The zero-order valence-corrected chi connectivity index (χ0v) is 16.5. The third kappa shape index (κ3) is 4.85. The molecule has 0 bridgehead atoms. The van der Waals surface area contributed by atoms with Crippen LogP contribution < -0.4 is 9.62 Å². The van der Waals surface area contributed by atoms with Crippen molar-refractivity contribution in [1.82, 2.24) is 5.32 Å². The largest absolute Gasteiger partial charge is 0.352 e. The molecular weight excluding hydrogens is 348 g/mol. The average Bonchev–Trinajstić information content (AvgIpc) is 2.60. The summed E-state index contributed by atoms with van der Waals surface area (Å²) in [5, 5.41) is 2.87. The van der Waals surface area contributed by atoms with Gasteiger partial charge in [-0.15, -0.1) is 0 Å². The summed E-state index contributed by atoms with van der Waals surface area (Å²) in [7, 11) is -3.86. The lowest BCUT2D eigenvalue weighted by atomic mass is 10.1. The van der Waals surface area contributed by atoms with Crippen LogP contribution in [0.1, 0.15) is 26.3 Å². The molecule has 6 heteroatoms. The molecule has 0 aliphatic heterocycles. The first-order valence-electron chi connectivity index (χ1n) is 8.65. The highest BCUT2D eigenvalue weighted by atomic mass is 32.2. The van der Waals surface area contributed by atoms with Crippen molar-refractivity contribution in [2.45, 2.75) is 38.6 Å². The first-order valence-corrected chi connectivity index (χ1v) is 10.1. The third-order valence-electron chi connectivity index (χ3n) is 4.30. The Labute approximate surface area is 156 Å². The molecule has 26 heavy (non-hydrogen) atoms. The van der Waals surface area contributed by atoms with E-state index in [9.17, 15) is 13.2 Å². The van der Waals surface area contributed by atoms with Crippen LogP contribution in [0.25, 0.3) is 0 Å². The summed E-state index contributed by atoms with van der Waals surface area (Å²) in [6.45, 7) is 7.48. The van der Waals surface area contributed by atoms with Crippen molar-refractivity contribution in [2.24, 2.45) is 5.92 Å². The van der Waals surface area contributed by atoms with Crippen LogP contribution in [0.5, 0.6) is 0 Å². The zero-order valence-electron chi connectivity index (χ0n) is 15.6. The number of sulfonamides is 1. The predicted molar refractivity (Wildman–Crippen MR) is 105 cm³/mol. The summed E-state index contributed by atoms with van der Waals surface area (Å²) in [5.41, 5.74) is 1.30. The van der Waals surface area contributed by atoms with E-state index in [0.717, 1.165) is 9.87 Å². The SMILES string of the molecule is Cc1cccc(S(=O)(=O)N(CC(=O)NC(C)C(C)C)c2ccccc2)c1. The van der Waals surface area contributed by atoms with Crippen LogP contribution in [0.3, 0.4) is 0 Å². The molecule has 0 aliphatic carbocycles. The Bertz CT molecular complexity index is 848. The van der Waals surface area contributed by atoms with E-state index >= 15 is 0 Å². The average molecular weight is 375 g/mol. The van der Waals surface area contributed by atoms with Gasteiger partial charge in [-0.2, -0.15) is 0 Å². The van der Waals surface area contributed by atoms with Crippen LogP contribution in [-0.2, 0) is 14.8 Å². The summed E-state index contributed by atoms with van der Waals surface area (Å²) in [6, 6.07) is 15.3. The van der Waals surface area contributed by atoms with Gasteiger partial charge in [0.25, 0.3) is 10.0 Å². The van der Waals surface area contributed by atoms with Crippen LogP contribution in [0.2, 0.25) is 0 Å². The molecule has 1 unspecified atom stereocenters. The molecule has 0 saturated heterocycles. The molecule has 0 radical (unpaired) electrons. The number of carbonyl (C=O) groups excluding carboxylic acids is 1. The lowest BCUT2D eigenvalue weighted by molar-refractivity contribution is -0.120. The van der Waals surface area contributed by atoms with Gasteiger partial charge in [0.05, 0.1) is 10.6 Å². The van der Waals surface area contributed by atoms with Gasteiger partial charge in [0.15, 0.2) is 0 Å². The molecule has 1 N–H and O–H groups in total. The monoisotopic (exact) mass is 374 g/mol. The van der Waals surface area contributed by atoms with Crippen LogP contribution in [0.4, 0.5) is 5.69 Å². The Morgan fingerprint density at radius 2 is 1.69 bits per heavy atom. The number of rotatable bonds is 7. The lowest BCUT2D eigenvalue weighted by Gasteiger charge is -2.26. The van der Waals surface area contributed by atoms with Crippen LogP contribution in [-0.4, -0.2) is 26.9 Å². The normalized spacial score (nSPS) is 12.7. The second-order valence-electron chi connectivity index (χ2n) is 6.76. The molecule has 0 fully saturated rings. The molecule has 0 saturated carbocycles. The predicted octanol–water partition coefficient (Wildman–Crippen LogP) is 3.35. The highest BCUT2D eigenvalue weighted by Crippen LogP contribution is 2.23. The third-order valence-corrected chi connectivity index (χ3v) is 6.07. The number of amides is 1. The summed E-state index contributed by atoms with van der Waals surface area (Å²) >= 11 is 0. The van der Waals surface area contributed by atoms with Crippen molar-refractivity contribution in [3.63, 3.8) is 0 Å². The standard InChI is InChI=1S/C20H26N2O3S/c1-15(2)17(4)21-20(23)14-22(18-10-6-5-7-11-18)26(24,25)19-12-8-9-16(3)13-19/h5-13,15,17H,14H2,1-4H3,(H,21,23). The van der Waals surface area contributed by atoms with E-state index in [4.69, 9.17) is 0 Å². The van der Waals surface area contributed by atoms with Gasteiger partial charge in [-0.25, -0.2) is 8.42 Å². The molecule has 2 rings (SSSR count). The minimum absolute atomic E-state index is 0.0400. The second kappa shape index (κ2) is 8.36. The van der Waals surface area contributed by atoms with E-state index in [-0.39, 0.29) is 29.3 Å². The molecule has 2 aromatic carbocycles. The maximum atomic E-state index is 13.2. The van der Waals surface area contributed by atoms with E-state index in [2.05, 4.69) is 5.32 Å². The number of hydrogen-bond acceptors (Lipinski definition) is 3. The number of nitrogens with zero attached hydrogens (tertiary/aromatic N) is 1. The number of anilines is 1. The number of benzene rings is 2. The first-order chi connectivity index (χ1) is 12.2. The Morgan fingerprint density at radius 1 is 1.04 bits per heavy atom. The van der Waals surface area contributed by atoms with E-state index in [0.29, 0.717) is 5.69 Å². The van der Waals surface area contributed by atoms with E-state index in [1.54, 1.807) is 42.5 Å². The number of hydrogen-bond donors (Lipinski definition) is 1. The molecule has 0 aromatic heterocycles. The lowest BCUT2D eigenvalue weighted by Crippen LogP contribution is -2.45. The molecule has 0 heterocycles. The molecule has 1 amide bonds. The van der Waals surface area contributed by atoms with Gasteiger partial charge >= 0.3 is 0 Å². The number of carbonyl (C=O) groups is 1. The Morgan fingerprint density at radius 3 is 2.27 bits per heavy atom. The van der Waals surface area contributed by atoms with Gasteiger partial charge in [-0.3, -0.25) is 9.10 Å². The van der Waals surface area contributed by atoms with Gasteiger partial charge in [0.2, 0.25) is 5.91 Å². The molecule has 2 aromatic rings. The van der Waals surface area contributed by atoms with Crippen molar-refractivity contribution in [1.29, 1.82) is 0 Å². The highest BCUT2D eigenvalue weighted by molar-refractivity contribution is 7.92. The van der Waals surface area contributed by atoms with Crippen LogP contribution in [0, 0.1) is 12.8 Å². The number of para-hydroxylation sites is 1. The topological polar surface area (TPSA) is 66.5 Å². The van der Waals surface area contributed by atoms with E-state index < -0.39 is 10.0 Å². The quantitative estimate of drug-likeness (QED) is 0.808. The van der Waals surface area contributed by atoms with Gasteiger partial charge < -0.3 is 5.32 Å². The van der Waals surface area contributed by atoms with E-state index in [1.807, 2.05) is 39.8 Å². The fourth-order valence-electron chi connectivity index (χ4n) is 2.41. The molecule has 0 spiro atoms. The van der Waals surface area contributed by atoms with Gasteiger partial charge in [0.1, 0.15) is 6.54 Å². The molecule has 5 nitrogen and oxygen atoms in total. The van der Waals surface area contributed by atoms with Gasteiger partial charge in [-0.1, -0.05) is 44.2 Å². The second-order valence-corrected chi connectivity index (χ2v) is 8.63. The number of aryl methyl sites for hydroxylation is 1. The summed E-state index contributed by atoms with van der Waals surface area (Å²) in [5.74, 6) is -0.0659. The first kappa shape index (κ1) is 20.0. The van der Waals surface area contributed by atoms with Crippen LogP contribution >= 0.6 is 0 Å². The summed E-state index contributed by atoms with van der Waals surface area (Å²) in [6.07, 6.45) is 0. The van der Waals surface area contributed by atoms with Crippen LogP contribution in [0.15, 0.2) is 59.5 Å². The fourth-order valence-corrected chi connectivity index (χ4v) is 3.94. The van der Waals surface area contributed by atoms with Gasteiger partial charge in [0, 0.05) is 6.04 Å². The van der Waals surface area contributed by atoms with Crippen molar-refractivity contribution in [3.05, 3.63) is 60.2 Å². The zero-order chi connectivity index (χ0) is 19.3. The Kier molecular flexibility index (Phi) is 6.42. The highest BCUT2D eigenvalue weighted by Gasteiger charge is 2.27. The maximum Gasteiger partial charge on any atom is 0.264 e. The molecule has 0 aliphatic rings. The summed E-state index contributed by atoms with van der Waals surface area (Å²) < 4.78 is 27.5. The Balaban J connectivity index is 2.38. The van der Waals surface area contributed by atoms with Crippen molar-refractivity contribution in [3.8, 4) is 0 Å². The van der Waals surface area contributed by atoms with Gasteiger partial charge in [-0.05, 0) is 49.6 Å². The van der Waals surface area contributed by atoms with E-state index in [1.165, 1.54) is 0 Å². The Hall–Kier alpha value is -2.34. The molecular formula is C20H26N2O3S. The number of nitrogens with one attached hydrogen (secondary N) is 1. The summed E-state index contributed by atoms with van der Waals surface area (Å²) in [4.78, 5) is 12.6. The minimum atomic E-state index is -3.86. The maximum absolute atomic E-state index is 13.2. The molecule has 140 valence electrons. The molecule has 1 atom stereocenters. The van der Waals surface area contributed by atoms with Crippen molar-refractivity contribution in [2.75, 3.05) is 10.8 Å². The van der Waals surface area contributed by atoms with Crippen molar-refractivity contribution < 1.29 is 13.2 Å². The smallest absolute Gasteiger partial charge is 0.264 e. The minimum Gasteiger partial charge on any atom is -0.352 e.